The fourth-order valence-electron chi connectivity index (χ4n) is 1.72. The molecule has 92 valence electrons. The molecule has 2 N–H and O–H groups in total. The van der Waals surface area contributed by atoms with Crippen molar-refractivity contribution in [3.05, 3.63) is 16.4 Å². The Balaban J connectivity index is 2.72. The van der Waals surface area contributed by atoms with E-state index in [0.717, 1.165) is 17.8 Å². The molecule has 4 nitrogen and oxygen atoms in total. The first-order valence-electron chi connectivity index (χ1n) is 5.51. The zero-order valence-corrected chi connectivity index (χ0v) is 10.7. The van der Waals surface area contributed by atoms with Gasteiger partial charge in [0.15, 0.2) is 0 Å². The zero-order chi connectivity index (χ0) is 12.3. The largest absolute Gasteiger partial charge is 0.390 e. The first-order chi connectivity index (χ1) is 7.47. The van der Waals surface area contributed by atoms with Crippen LogP contribution in [0.15, 0.2) is 0 Å². The van der Waals surface area contributed by atoms with Gasteiger partial charge in [-0.05, 0) is 13.3 Å². The second-order valence-electron chi connectivity index (χ2n) is 4.10. The lowest BCUT2D eigenvalue weighted by molar-refractivity contribution is 0.0138. The lowest BCUT2D eigenvalue weighted by atomic mass is 10.0. The molecule has 0 fully saturated rings. The fourth-order valence-corrected chi connectivity index (χ4v) is 1.96. The molecule has 5 heteroatoms. The molecule has 0 radical (unpaired) electrons. The van der Waals surface area contributed by atoms with Crippen LogP contribution in [0.3, 0.4) is 0 Å². The first-order valence-corrected chi connectivity index (χ1v) is 5.89. The predicted molar refractivity (Wildman–Crippen MR) is 63.6 cm³/mol. The van der Waals surface area contributed by atoms with Crippen molar-refractivity contribution in [2.24, 2.45) is 7.05 Å². The van der Waals surface area contributed by atoms with Gasteiger partial charge in [-0.15, -0.1) is 0 Å². The Morgan fingerprint density at radius 2 is 2.00 bits per heavy atom. The summed E-state index contributed by atoms with van der Waals surface area (Å²) in [6.07, 6.45) is 0.284. The number of aliphatic hydroxyl groups is 2. The number of hydrogen-bond donors (Lipinski definition) is 2. The number of aliphatic hydroxyl groups excluding tert-OH is 2. The molecule has 0 aliphatic heterocycles. The molecule has 0 saturated carbocycles. The Labute approximate surface area is 101 Å². The van der Waals surface area contributed by atoms with Gasteiger partial charge in [0.2, 0.25) is 0 Å². The molecule has 2 atom stereocenters. The summed E-state index contributed by atoms with van der Waals surface area (Å²) in [4.78, 5) is 0. The van der Waals surface area contributed by atoms with Crippen molar-refractivity contribution >= 4 is 11.6 Å². The molecule has 0 bridgehead atoms. The highest BCUT2D eigenvalue weighted by Gasteiger charge is 2.20. The molecule has 0 amide bonds. The van der Waals surface area contributed by atoms with Gasteiger partial charge in [-0.3, -0.25) is 4.68 Å². The Kier molecular flexibility index (Phi) is 4.77. The monoisotopic (exact) mass is 246 g/mol. The van der Waals surface area contributed by atoms with E-state index in [4.69, 9.17) is 11.6 Å². The van der Waals surface area contributed by atoms with Crippen molar-refractivity contribution in [3.63, 3.8) is 0 Å². The Hall–Kier alpha value is -0.580. The van der Waals surface area contributed by atoms with E-state index < -0.39 is 12.2 Å². The predicted octanol–water partition coefficient (Wildman–Crippen LogP) is 1.45. The Morgan fingerprint density at radius 3 is 2.44 bits per heavy atom. The molecule has 2 unspecified atom stereocenters. The van der Waals surface area contributed by atoms with Crippen molar-refractivity contribution in [1.82, 2.24) is 9.78 Å². The van der Waals surface area contributed by atoms with Gasteiger partial charge < -0.3 is 10.2 Å². The van der Waals surface area contributed by atoms with Crippen molar-refractivity contribution in [2.75, 3.05) is 0 Å². The Bertz CT molecular complexity index is 352. The van der Waals surface area contributed by atoms with Crippen LogP contribution in [0.5, 0.6) is 0 Å². The molecule has 0 saturated heterocycles. The van der Waals surface area contributed by atoms with E-state index in [9.17, 15) is 10.2 Å². The molecule has 0 aliphatic carbocycles. The summed E-state index contributed by atoms with van der Waals surface area (Å²) in [7, 11) is 1.78. The maximum Gasteiger partial charge on any atom is 0.0854 e. The summed E-state index contributed by atoms with van der Waals surface area (Å²) in [5.41, 5.74) is 1.51. The second-order valence-corrected chi connectivity index (χ2v) is 4.48. The number of hydrogen-bond acceptors (Lipinski definition) is 3. The lowest BCUT2D eigenvalue weighted by Gasteiger charge is -2.17. The van der Waals surface area contributed by atoms with E-state index in [1.54, 1.807) is 11.7 Å². The van der Waals surface area contributed by atoms with Crippen LogP contribution in [0.4, 0.5) is 0 Å². The molecule has 1 heterocycles. The van der Waals surface area contributed by atoms with Crippen LogP contribution in [-0.4, -0.2) is 32.2 Å². The summed E-state index contributed by atoms with van der Waals surface area (Å²) < 4.78 is 1.65. The minimum Gasteiger partial charge on any atom is -0.390 e. The van der Waals surface area contributed by atoms with Crippen molar-refractivity contribution in [1.29, 1.82) is 0 Å². The van der Waals surface area contributed by atoms with Gasteiger partial charge in [-0.1, -0.05) is 24.9 Å². The third-order valence-electron chi connectivity index (χ3n) is 2.69. The van der Waals surface area contributed by atoms with Crippen molar-refractivity contribution < 1.29 is 10.2 Å². The fraction of sp³-hybridized carbons (Fsp3) is 0.727. The SMILES string of the molecule is CCCC(O)C(O)Cc1c(Cl)c(C)nn1C. The van der Waals surface area contributed by atoms with Crippen LogP contribution in [0.2, 0.25) is 5.02 Å². The van der Waals surface area contributed by atoms with E-state index in [1.165, 1.54) is 0 Å². The second kappa shape index (κ2) is 5.66. The van der Waals surface area contributed by atoms with Crippen LogP contribution < -0.4 is 0 Å². The van der Waals surface area contributed by atoms with Gasteiger partial charge in [-0.2, -0.15) is 5.10 Å². The molecule has 0 aromatic carbocycles. The van der Waals surface area contributed by atoms with E-state index in [0.29, 0.717) is 17.9 Å². The number of halogens is 1. The molecule has 1 aromatic rings. The highest BCUT2D eigenvalue weighted by molar-refractivity contribution is 6.31. The van der Waals surface area contributed by atoms with Crippen LogP contribution in [0, 0.1) is 6.92 Å². The zero-order valence-electron chi connectivity index (χ0n) is 9.94. The standard InChI is InChI=1S/C11H19ClN2O2/c1-4-5-9(15)10(16)6-8-11(12)7(2)13-14(8)3/h9-10,15-16H,4-6H2,1-3H3. The molecule has 0 spiro atoms. The summed E-state index contributed by atoms with van der Waals surface area (Å²) in [5, 5.41) is 24.2. The Morgan fingerprint density at radius 1 is 1.38 bits per heavy atom. The highest BCUT2D eigenvalue weighted by Crippen LogP contribution is 2.21. The smallest absolute Gasteiger partial charge is 0.0854 e. The molecular weight excluding hydrogens is 228 g/mol. The van der Waals surface area contributed by atoms with E-state index >= 15 is 0 Å². The molecule has 1 rings (SSSR count). The number of aromatic nitrogens is 2. The van der Waals surface area contributed by atoms with Crippen LogP contribution in [0.1, 0.15) is 31.2 Å². The van der Waals surface area contributed by atoms with Gasteiger partial charge in [0.1, 0.15) is 0 Å². The van der Waals surface area contributed by atoms with Crippen LogP contribution >= 0.6 is 11.6 Å². The van der Waals surface area contributed by atoms with Crippen molar-refractivity contribution in [3.8, 4) is 0 Å². The van der Waals surface area contributed by atoms with Gasteiger partial charge >= 0.3 is 0 Å². The van der Waals surface area contributed by atoms with Crippen LogP contribution in [0.25, 0.3) is 0 Å². The molecular formula is C11H19ClN2O2. The van der Waals surface area contributed by atoms with Crippen molar-refractivity contribution in [2.45, 2.75) is 45.3 Å². The summed E-state index contributed by atoms with van der Waals surface area (Å²) >= 11 is 6.06. The van der Waals surface area contributed by atoms with Gasteiger partial charge in [0.25, 0.3) is 0 Å². The third kappa shape index (κ3) is 2.97. The van der Waals surface area contributed by atoms with E-state index in [-0.39, 0.29) is 0 Å². The minimum atomic E-state index is -0.785. The topological polar surface area (TPSA) is 58.3 Å². The molecule has 1 aromatic heterocycles. The minimum absolute atomic E-state index is 0.331. The first kappa shape index (κ1) is 13.5. The lowest BCUT2D eigenvalue weighted by Crippen LogP contribution is -2.28. The average molecular weight is 247 g/mol. The molecule has 16 heavy (non-hydrogen) atoms. The number of nitrogens with zero attached hydrogens (tertiary/aromatic N) is 2. The molecule has 0 aliphatic rings. The van der Waals surface area contributed by atoms with Gasteiger partial charge in [0, 0.05) is 13.5 Å². The maximum absolute atomic E-state index is 9.81. The van der Waals surface area contributed by atoms with Gasteiger partial charge in [0.05, 0.1) is 28.6 Å². The summed E-state index contributed by atoms with van der Waals surface area (Å²) in [6, 6.07) is 0. The normalized spacial score (nSPS) is 15.1. The van der Waals surface area contributed by atoms with E-state index in [2.05, 4.69) is 5.10 Å². The highest BCUT2D eigenvalue weighted by atomic mass is 35.5. The summed E-state index contributed by atoms with van der Waals surface area (Å²) in [5.74, 6) is 0. The number of aryl methyl sites for hydroxylation is 2. The maximum atomic E-state index is 9.81. The van der Waals surface area contributed by atoms with Crippen LogP contribution in [-0.2, 0) is 13.5 Å². The summed E-state index contributed by atoms with van der Waals surface area (Å²) in [6.45, 7) is 3.79. The third-order valence-corrected chi connectivity index (χ3v) is 3.18. The van der Waals surface area contributed by atoms with E-state index in [1.807, 2.05) is 13.8 Å². The van der Waals surface area contributed by atoms with Gasteiger partial charge in [-0.25, -0.2) is 0 Å². The quantitative estimate of drug-likeness (QED) is 0.827. The average Bonchev–Trinajstić information content (AvgIpc) is 2.45. The number of rotatable bonds is 5.